The van der Waals surface area contributed by atoms with Crippen LogP contribution in [0.5, 0.6) is 0 Å². The zero-order valence-corrected chi connectivity index (χ0v) is 11.4. The van der Waals surface area contributed by atoms with Gasteiger partial charge in [0.05, 0.1) is 5.69 Å². The molecule has 0 spiro atoms. The van der Waals surface area contributed by atoms with Gasteiger partial charge in [0.1, 0.15) is 0 Å². The van der Waals surface area contributed by atoms with Gasteiger partial charge in [-0.1, -0.05) is 6.42 Å². The summed E-state index contributed by atoms with van der Waals surface area (Å²) in [5.74, 6) is 1.90. The van der Waals surface area contributed by atoms with E-state index in [1.54, 1.807) is 0 Å². The summed E-state index contributed by atoms with van der Waals surface area (Å²) in [6.07, 6.45) is 7.74. The Hall–Kier alpha value is -1.16. The van der Waals surface area contributed by atoms with Gasteiger partial charge >= 0.3 is 0 Å². The first-order valence-electron chi connectivity index (χ1n) is 7.72. The Morgan fingerprint density at radius 3 is 2.84 bits per heavy atom. The Morgan fingerprint density at radius 2 is 2.05 bits per heavy atom. The first-order chi connectivity index (χ1) is 9.38. The summed E-state index contributed by atoms with van der Waals surface area (Å²) >= 11 is 0. The highest BCUT2D eigenvalue weighted by Gasteiger charge is 2.29. The van der Waals surface area contributed by atoms with Gasteiger partial charge in [0.2, 0.25) is 0 Å². The van der Waals surface area contributed by atoms with Crippen molar-refractivity contribution in [2.75, 3.05) is 24.5 Å². The fraction of sp³-hybridized carbons (Fsp3) is 0.733. The molecule has 2 aliphatic carbocycles. The standard InChI is InChI=1S/C15H22N4/c1-3-12-7-15(18-17-14(12)6-1)19-9-11(10-19)8-16-13-4-2-5-13/h7,11,13,16H,1-6,8-10H2. The number of nitrogens with one attached hydrogen (secondary N) is 1. The van der Waals surface area contributed by atoms with Crippen molar-refractivity contribution in [3.8, 4) is 0 Å². The van der Waals surface area contributed by atoms with Crippen LogP contribution in [0, 0.1) is 5.92 Å². The predicted octanol–water partition coefficient (Wildman–Crippen LogP) is 1.54. The number of rotatable bonds is 4. The summed E-state index contributed by atoms with van der Waals surface area (Å²) in [5.41, 5.74) is 2.66. The van der Waals surface area contributed by atoms with E-state index in [0.29, 0.717) is 0 Å². The molecule has 4 heteroatoms. The van der Waals surface area contributed by atoms with Gasteiger partial charge in [-0.15, -0.1) is 5.10 Å². The van der Waals surface area contributed by atoms with Gasteiger partial charge in [-0.05, 0) is 43.7 Å². The lowest BCUT2D eigenvalue weighted by Gasteiger charge is -2.41. The molecule has 1 saturated carbocycles. The van der Waals surface area contributed by atoms with Crippen molar-refractivity contribution in [2.24, 2.45) is 5.92 Å². The molecule has 2 heterocycles. The fourth-order valence-electron chi connectivity index (χ4n) is 3.30. The summed E-state index contributed by atoms with van der Waals surface area (Å²) in [5, 5.41) is 12.4. The molecule has 1 aliphatic heterocycles. The third-order valence-electron chi connectivity index (χ3n) is 4.89. The maximum Gasteiger partial charge on any atom is 0.151 e. The molecule has 102 valence electrons. The maximum absolute atomic E-state index is 4.38. The number of aromatic nitrogens is 2. The number of hydrogen-bond donors (Lipinski definition) is 1. The molecule has 0 bridgehead atoms. The van der Waals surface area contributed by atoms with E-state index in [2.05, 4.69) is 26.5 Å². The Bertz CT molecular complexity index is 463. The van der Waals surface area contributed by atoms with Crippen LogP contribution in [0.1, 0.15) is 36.9 Å². The quantitative estimate of drug-likeness (QED) is 0.889. The van der Waals surface area contributed by atoms with Crippen LogP contribution in [0.4, 0.5) is 5.82 Å². The van der Waals surface area contributed by atoms with Crippen molar-refractivity contribution >= 4 is 5.82 Å². The minimum atomic E-state index is 0.802. The van der Waals surface area contributed by atoms with Crippen LogP contribution >= 0.6 is 0 Å². The van der Waals surface area contributed by atoms with E-state index in [4.69, 9.17) is 0 Å². The van der Waals surface area contributed by atoms with Crippen LogP contribution in [0.25, 0.3) is 0 Å². The number of fused-ring (bicyclic) bond motifs is 1. The van der Waals surface area contributed by atoms with Gasteiger partial charge in [0, 0.05) is 31.6 Å². The van der Waals surface area contributed by atoms with Gasteiger partial charge in [0.25, 0.3) is 0 Å². The minimum Gasteiger partial charge on any atom is -0.354 e. The Morgan fingerprint density at radius 1 is 1.16 bits per heavy atom. The molecule has 4 rings (SSSR count). The first kappa shape index (κ1) is 11.6. The largest absolute Gasteiger partial charge is 0.354 e. The van der Waals surface area contributed by atoms with Gasteiger partial charge in [-0.2, -0.15) is 5.10 Å². The second-order valence-electron chi connectivity index (χ2n) is 6.34. The Balaban J connectivity index is 1.30. The smallest absolute Gasteiger partial charge is 0.151 e. The minimum absolute atomic E-state index is 0.802. The van der Waals surface area contributed by atoms with E-state index in [0.717, 1.165) is 37.3 Å². The first-order valence-corrected chi connectivity index (χ1v) is 7.72. The normalized spacial score (nSPS) is 23.1. The molecule has 0 unspecified atom stereocenters. The molecule has 2 fully saturated rings. The fourth-order valence-corrected chi connectivity index (χ4v) is 3.30. The van der Waals surface area contributed by atoms with Crippen molar-refractivity contribution in [3.05, 3.63) is 17.3 Å². The van der Waals surface area contributed by atoms with Crippen LogP contribution in [-0.4, -0.2) is 35.9 Å². The van der Waals surface area contributed by atoms with E-state index in [1.807, 2.05) is 0 Å². The second kappa shape index (κ2) is 4.75. The van der Waals surface area contributed by atoms with Crippen LogP contribution < -0.4 is 10.2 Å². The second-order valence-corrected chi connectivity index (χ2v) is 6.34. The monoisotopic (exact) mass is 258 g/mol. The maximum atomic E-state index is 4.38. The molecule has 19 heavy (non-hydrogen) atoms. The number of anilines is 1. The molecule has 0 radical (unpaired) electrons. The molecule has 1 aromatic heterocycles. The molecule has 1 N–H and O–H groups in total. The Kier molecular flexibility index (Phi) is 2.91. The third kappa shape index (κ3) is 2.22. The average molecular weight is 258 g/mol. The lowest BCUT2D eigenvalue weighted by molar-refractivity contribution is 0.294. The van der Waals surface area contributed by atoms with Crippen molar-refractivity contribution in [2.45, 2.75) is 44.6 Å². The van der Waals surface area contributed by atoms with Gasteiger partial charge in [-0.25, -0.2) is 0 Å². The SMILES string of the molecule is c1c(N2CC(CNC3CCC3)C2)nnc2c1CCC2. The Labute approximate surface area is 114 Å². The van der Waals surface area contributed by atoms with E-state index in [9.17, 15) is 0 Å². The molecule has 0 amide bonds. The van der Waals surface area contributed by atoms with Gasteiger partial charge in [0.15, 0.2) is 5.82 Å². The van der Waals surface area contributed by atoms with Crippen molar-refractivity contribution in [3.63, 3.8) is 0 Å². The molecule has 1 aromatic rings. The zero-order chi connectivity index (χ0) is 12.7. The van der Waals surface area contributed by atoms with Gasteiger partial charge in [-0.3, -0.25) is 0 Å². The number of aryl methyl sites for hydroxylation is 2. The molecule has 0 aromatic carbocycles. The third-order valence-corrected chi connectivity index (χ3v) is 4.89. The highest BCUT2D eigenvalue weighted by atomic mass is 15.3. The van der Waals surface area contributed by atoms with Gasteiger partial charge < -0.3 is 10.2 Å². The molecular formula is C15H22N4. The summed E-state index contributed by atoms with van der Waals surface area (Å²) in [6.45, 7) is 3.47. The molecule has 0 atom stereocenters. The summed E-state index contributed by atoms with van der Waals surface area (Å²) in [7, 11) is 0. The number of nitrogens with zero attached hydrogens (tertiary/aromatic N) is 3. The van der Waals surface area contributed by atoms with E-state index in [1.165, 1.54) is 49.9 Å². The molecular weight excluding hydrogens is 236 g/mol. The lowest BCUT2D eigenvalue weighted by Crippen LogP contribution is -2.53. The zero-order valence-electron chi connectivity index (χ0n) is 11.4. The van der Waals surface area contributed by atoms with Crippen LogP contribution in [0.2, 0.25) is 0 Å². The predicted molar refractivity (Wildman–Crippen MR) is 75.4 cm³/mol. The molecule has 3 aliphatic rings. The highest BCUT2D eigenvalue weighted by molar-refractivity contribution is 5.45. The van der Waals surface area contributed by atoms with E-state index < -0.39 is 0 Å². The number of hydrogen-bond acceptors (Lipinski definition) is 4. The molecule has 4 nitrogen and oxygen atoms in total. The lowest BCUT2D eigenvalue weighted by atomic mass is 9.91. The van der Waals surface area contributed by atoms with Crippen molar-refractivity contribution < 1.29 is 0 Å². The van der Waals surface area contributed by atoms with Crippen LogP contribution in [0.15, 0.2) is 6.07 Å². The molecule has 1 saturated heterocycles. The van der Waals surface area contributed by atoms with Crippen molar-refractivity contribution in [1.82, 2.24) is 15.5 Å². The summed E-state index contributed by atoms with van der Waals surface area (Å²) in [6, 6.07) is 3.08. The average Bonchev–Trinajstić information content (AvgIpc) is 2.76. The van der Waals surface area contributed by atoms with E-state index in [-0.39, 0.29) is 0 Å². The summed E-state index contributed by atoms with van der Waals surface area (Å²) in [4.78, 5) is 2.37. The summed E-state index contributed by atoms with van der Waals surface area (Å²) < 4.78 is 0. The highest BCUT2D eigenvalue weighted by Crippen LogP contribution is 2.27. The van der Waals surface area contributed by atoms with Crippen molar-refractivity contribution in [1.29, 1.82) is 0 Å². The topological polar surface area (TPSA) is 41.0 Å². The van der Waals surface area contributed by atoms with Crippen LogP contribution in [0.3, 0.4) is 0 Å². The van der Waals surface area contributed by atoms with E-state index >= 15 is 0 Å². The van der Waals surface area contributed by atoms with Crippen LogP contribution in [-0.2, 0) is 12.8 Å².